The zero-order valence-electron chi connectivity index (χ0n) is 24.8. The molecule has 12 heteroatoms. The summed E-state index contributed by atoms with van der Waals surface area (Å²) in [6, 6.07) is 33.9. The SMILES string of the molecule is C[C@@H](Nc1cccc(OCc2ccccc2)c1)C(=O)CO.N[C@H](Cl)C(=O)CO.O[B]Oc1cccc(OCc2ccccc2)c1. The van der Waals surface area contributed by atoms with Gasteiger partial charge in [0.1, 0.15) is 49.2 Å². The first-order chi connectivity index (χ1) is 21.7. The molecule has 0 saturated carbocycles. The van der Waals surface area contributed by atoms with Gasteiger partial charge in [-0.25, -0.2) is 0 Å². The lowest BCUT2D eigenvalue weighted by Gasteiger charge is -2.14. The Morgan fingerprint density at radius 3 is 1.71 bits per heavy atom. The fourth-order valence-corrected chi connectivity index (χ4v) is 3.48. The molecule has 0 saturated heterocycles. The van der Waals surface area contributed by atoms with Gasteiger partial charge >= 0.3 is 7.69 Å². The van der Waals surface area contributed by atoms with Crippen LogP contribution in [0.15, 0.2) is 109 Å². The van der Waals surface area contributed by atoms with Crippen LogP contribution < -0.4 is 25.2 Å². The number of carbonyl (C=O) groups is 2. The van der Waals surface area contributed by atoms with Crippen LogP contribution in [0.4, 0.5) is 5.69 Å². The van der Waals surface area contributed by atoms with Crippen molar-refractivity contribution in [3.63, 3.8) is 0 Å². The van der Waals surface area contributed by atoms with Crippen molar-refractivity contribution in [1.82, 2.24) is 0 Å². The molecule has 4 aromatic carbocycles. The van der Waals surface area contributed by atoms with Crippen molar-refractivity contribution in [2.45, 2.75) is 31.7 Å². The summed E-state index contributed by atoms with van der Waals surface area (Å²) in [6.07, 6.45) is 0. The molecule has 10 nitrogen and oxygen atoms in total. The topological polar surface area (TPSA) is 161 Å². The van der Waals surface area contributed by atoms with Crippen molar-refractivity contribution in [2.75, 3.05) is 18.5 Å². The maximum Gasteiger partial charge on any atom is 0.569 e. The second-order valence-electron chi connectivity index (χ2n) is 9.29. The molecule has 0 fully saturated rings. The van der Waals surface area contributed by atoms with Gasteiger partial charge in [-0.15, -0.1) is 0 Å². The number of benzene rings is 4. The van der Waals surface area contributed by atoms with Gasteiger partial charge < -0.3 is 40.4 Å². The molecule has 0 aliphatic carbocycles. The van der Waals surface area contributed by atoms with Crippen LogP contribution in [0.2, 0.25) is 0 Å². The molecule has 45 heavy (non-hydrogen) atoms. The number of aliphatic hydroxyl groups is 2. The Labute approximate surface area is 268 Å². The number of alkyl halides is 1. The van der Waals surface area contributed by atoms with Gasteiger partial charge in [0.15, 0.2) is 11.6 Å². The molecule has 4 rings (SSSR count). The Hall–Kier alpha value is -4.39. The molecule has 0 aliphatic rings. The summed E-state index contributed by atoms with van der Waals surface area (Å²) in [5.41, 5.74) is 6.74. The molecule has 237 valence electrons. The molecule has 0 heterocycles. The van der Waals surface area contributed by atoms with Crippen LogP contribution in [0.25, 0.3) is 0 Å². The third-order valence-corrected chi connectivity index (χ3v) is 6.05. The van der Waals surface area contributed by atoms with Gasteiger partial charge in [0, 0.05) is 17.8 Å². The number of hydrogen-bond donors (Lipinski definition) is 5. The fraction of sp³-hybridized carbons (Fsp3) is 0.212. The molecule has 2 atom stereocenters. The first kappa shape index (κ1) is 36.8. The summed E-state index contributed by atoms with van der Waals surface area (Å²) in [5, 5.41) is 28.4. The van der Waals surface area contributed by atoms with E-state index in [0.29, 0.717) is 32.4 Å². The molecule has 4 aromatic rings. The van der Waals surface area contributed by atoms with E-state index in [-0.39, 0.29) is 5.78 Å². The monoisotopic (exact) mass is 635 g/mol. The zero-order valence-corrected chi connectivity index (χ0v) is 25.5. The summed E-state index contributed by atoms with van der Waals surface area (Å²) in [6.45, 7) is 1.68. The number of nitrogens with two attached hydrogens (primary N) is 1. The van der Waals surface area contributed by atoms with E-state index in [2.05, 4.69) is 5.32 Å². The van der Waals surface area contributed by atoms with E-state index in [9.17, 15) is 9.59 Å². The van der Waals surface area contributed by atoms with Crippen LogP contribution in [0.5, 0.6) is 17.2 Å². The van der Waals surface area contributed by atoms with Crippen molar-refractivity contribution in [3.05, 3.63) is 120 Å². The number of aliphatic hydroxyl groups excluding tert-OH is 2. The highest BCUT2D eigenvalue weighted by molar-refractivity contribution is 6.30. The quantitative estimate of drug-likeness (QED) is 0.0782. The predicted molar refractivity (Wildman–Crippen MR) is 174 cm³/mol. The molecule has 0 unspecified atom stereocenters. The van der Waals surface area contributed by atoms with Gasteiger partial charge in [0.05, 0.1) is 6.04 Å². The number of Topliss-reactive ketones (excluding diaryl/α,β-unsaturated/α-hetero) is 2. The van der Waals surface area contributed by atoms with Gasteiger partial charge in [-0.3, -0.25) is 9.59 Å². The number of ketones is 2. The highest BCUT2D eigenvalue weighted by Gasteiger charge is 2.11. The molecule has 0 aliphatic heterocycles. The van der Waals surface area contributed by atoms with Crippen LogP contribution in [0, 0.1) is 0 Å². The maximum absolute atomic E-state index is 11.4. The minimum absolute atomic E-state index is 0.245. The summed E-state index contributed by atoms with van der Waals surface area (Å²) < 4.78 is 16.2. The lowest BCUT2D eigenvalue weighted by atomic mass is 10.2. The van der Waals surface area contributed by atoms with Gasteiger partial charge in [0.2, 0.25) is 0 Å². The summed E-state index contributed by atoms with van der Waals surface area (Å²) in [7, 11) is 0.649. The lowest BCUT2D eigenvalue weighted by Crippen LogP contribution is -2.28. The molecular weight excluding hydrogens is 599 g/mol. The Morgan fingerprint density at radius 2 is 1.24 bits per heavy atom. The number of ether oxygens (including phenoxy) is 2. The molecule has 0 spiro atoms. The first-order valence-electron chi connectivity index (χ1n) is 13.8. The van der Waals surface area contributed by atoms with Gasteiger partial charge in [0.25, 0.3) is 0 Å². The molecular formula is C33H37BClN2O8. The van der Waals surface area contributed by atoms with Crippen LogP contribution in [-0.4, -0.2) is 59.2 Å². The fourth-order valence-electron chi connectivity index (χ4n) is 3.41. The van der Waals surface area contributed by atoms with Crippen molar-refractivity contribution in [2.24, 2.45) is 5.73 Å². The Kier molecular flexibility index (Phi) is 17.5. The minimum atomic E-state index is -1.05. The average molecular weight is 636 g/mol. The van der Waals surface area contributed by atoms with Gasteiger partial charge in [-0.05, 0) is 42.3 Å². The van der Waals surface area contributed by atoms with E-state index < -0.39 is 30.5 Å². The average Bonchev–Trinajstić information content (AvgIpc) is 3.07. The normalized spacial score (nSPS) is 11.2. The maximum atomic E-state index is 11.4. The van der Waals surface area contributed by atoms with Crippen LogP contribution in [0.3, 0.4) is 0 Å². The molecule has 6 N–H and O–H groups in total. The second kappa shape index (κ2) is 21.3. The van der Waals surface area contributed by atoms with Crippen molar-refractivity contribution < 1.29 is 39.0 Å². The zero-order chi connectivity index (χ0) is 32.9. The van der Waals surface area contributed by atoms with E-state index in [1.165, 1.54) is 0 Å². The Morgan fingerprint density at radius 1 is 0.756 bits per heavy atom. The van der Waals surface area contributed by atoms with E-state index in [1.807, 2.05) is 91.0 Å². The standard InChI is InChI=1S/C17H19NO3.C13H12BO3.C3H6ClNO2/c1-13(17(20)11-19)18-15-8-5-9-16(10-15)21-12-14-6-3-2-4-7-14;15-14-17-13-8-4-7-12(9-13)16-10-11-5-2-1-3-6-11;4-3(5)2(7)1-6/h2-10,13,18-19H,11-12H2,1H3;1-9,15H,10H2;3,6H,1,5H2/t13-;;3-/m1.0/s1. The van der Waals surface area contributed by atoms with Crippen molar-refractivity contribution >= 4 is 36.5 Å². The number of halogens is 1. The summed E-state index contributed by atoms with van der Waals surface area (Å²) >= 11 is 5.00. The highest BCUT2D eigenvalue weighted by Crippen LogP contribution is 2.21. The third-order valence-electron chi connectivity index (χ3n) is 5.81. The van der Waals surface area contributed by atoms with E-state index >= 15 is 0 Å². The lowest BCUT2D eigenvalue weighted by molar-refractivity contribution is -0.122. The Bertz CT molecular complexity index is 1410. The van der Waals surface area contributed by atoms with Crippen LogP contribution in [0.1, 0.15) is 18.1 Å². The number of carbonyl (C=O) groups excluding carboxylic acids is 2. The minimum Gasteiger partial charge on any atom is -0.537 e. The smallest absolute Gasteiger partial charge is 0.537 e. The van der Waals surface area contributed by atoms with Crippen LogP contribution in [-0.2, 0) is 22.8 Å². The predicted octanol–water partition coefficient (Wildman–Crippen LogP) is 3.87. The summed E-state index contributed by atoms with van der Waals surface area (Å²) in [5.74, 6) is 1.17. The number of nitrogens with one attached hydrogen (secondary N) is 1. The van der Waals surface area contributed by atoms with E-state index in [1.54, 1.807) is 25.1 Å². The number of anilines is 1. The third kappa shape index (κ3) is 15.3. The molecule has 0 aromatic heterocycles. The molecule has 0 amide bonds. The van der Waals surface area contributed by atoms with Crippen molar-refractivity contribution in [3.8, 4) is 17.2 Å². The number of rotatable bonds is 14. The molecule has 0 bridgehead atoms. The Balaban J connectivity index is 0.000000263. The van der Waals surface area contributed by atoms with Gasteiger partial charge in [-0.1, -0.05) is 84.4 Å². The molecule has 1 radical (unpaired) electrons. The number of hydrogen-bond acceptors (Lipinski definition) is 10. The van der Waals surface area contributed by atoms with E-state index in [0.717, 1.165) is 22.6 Å². The van der Waals surface area contributed by atoms with E-state index in [4.69, 9.17) is 46.7 Å². The highest BCUT2D eigenvalue weighted by atomic mass is 35.5. The van der Waals surface area contributed by atoms with Crippen molar-refractivity contribution in [1.29, 1.82) is 0 Å². The largest absolute Gasteiger partial charge is 0.569 e. The summed E-state index contributed by atoms with van der Waals surface area (Å²) in [4.78, 5) is 21.4. The second-order valence-corrected chi connectivity index (χ2v) is 9.76. The first-order valence-corrected chi connectivity index (χ1v) is 14.3. The van der Waals surface area contributed by atoms with Gasteiger partial charge in [-0.2, -0.15) is 0 Å². The van der Waals surface area contributed by atoms with Crippen LogP contribution >= 0.6 is 11.6 Å².